The van der Waals surface area contributed by atoms with E-state index in [0.29, 0.717) is 0 Å². The highest BCUT2D eigenvalue weighted by Crippen LogP contribution is 2.22. The van der Waals surface area contributed by atoms with Crippen molar-refractivity contribution in [3.05, 3.63) is 52.6 Å². The third-order valence-electron chi connectivity index (χ3n) is 4.17. The standard InChI is InChI=1S/C19H23ClN4S/c1-14-2-4-15(5-3-14)10-11-21-12-13-22-19-23-18(24-25-19)16-6-8-17(20)9-7-16/h2,4,6-9,21H,3,5,10-13H2,1H3,(H,22,23,24). The van der Waals surface area contributed by atoms with Crippen molar-refractivity contribution in [2.75, 3.05) is 25.0 Å². The van der Waals surface area contributed by atoms with Gasteiger partial charge < -0.3 is 10.6 Å². The van der Waals surface area contributed by atoms with Gasteiger partial charge in [-0.3, -0.25) is 0 Å². The molecule has 1 aromatic heterocycles. The summed E-state index contributed by atoms with van der Waals surface area (Å²) >= 11 is 7.29. The highest BCUT2D eigenvalue weighted by atomic mass is 35.5. The second kappa shape index (κ2) is 9.13. The van der Waals surface area contributed by atoms with E-state index in [-0.39, 0.29) is 0 Å². The van der Waals surface area contributed by atoms with Crippen LogP contribution in [0.5, 0.6) is 0 Å². The van der Waals surface area contributed by atoms with Crippen LogP contribution in [0.15, 0.2) is 47.6 Å². The third kappa shape index (κ3) is 5.66. The van der Waals surface area contributed by atoms with Crippen LogP contribution < -0.4 is 10.6 Å². The number of nitrogens with one attached hydrogen (secondary N) is 2. The maximum absolute atomic E-state index is 5.91. The minimum Gasteiger partial charge on any atom is -0.359 e. The minimum atomic E-state index is 0.721. The van der Waals surface area contributed by atoms with Crippen molar-refractivity contribution in [1.29, 1.82) is 0 Å². The van der Waals surface area contributed by atoms with Gasteiger partial charge in [0.05, 0.1) is 0 Å². The lowest BCUT2D eigenvalue weighted by molar-refractivity contribution is 0.680. The Hall–Kier alpha value is -1.69. The van der Waals surface area contributed by atoms with Crippen LogP contribution >= 0.6 is 23.1 Å². The molecule has 1 heterocycles. The van der Waals surface area contributed by atoms with Gasteiger partial charge >= 0.3 is 0 Å². The van der Waals surface area contributed by atoms with Gasteiger partial charge in [-0.1, -0.05) is 34.9 Å². The van der Waals surface area contributed by atoms with Crippen LogP contribution in [-0.2, 0) is 0 Å². The maximum atomic E-state index is 5.91. The molecule has 4 nitrogen and oxygen atoms in total. The van der Waals surface area contributed by atoms with Crippen molar-refractivity contribution in [2.24, 2.45) is 0 Å². The SMILES string of the molecule is CC1=CC=C(CCNCCNc2nc(-c3ccc(Cl)cc3)ns2)CC1. The van der Waals surface area contributed by atoms with Crippen molar-refractivity contribution >= 4 is 28.3 Å². The van der Waals surface area contributed by atoms with Gasteiger partial charge in [0.25, 0.3) is 0 Å². The second-order valence-electron chi connectivity index (χ2n) is 6.19. The van der Waals surface area contributed by atoms with E-state index in [1.807, 2.05) is 24.3 Å². The van der Waals surface area contributed by atoms with Crippen LogP contribution in [0.1, 0.15) is 26.2 Å². The molecule has 3 rings (SSSR count). The van der Waals surface area contributed by atoms with Gasteiger partial charge in [0, 0.05) is 35.2 Å². The molecule has 0 spiro atoms. The molecule has 1 aromatic carbocycles. The van der Waals surface area contributed by atoms with Gasteiger partial charge in [-0.25, -0.2) is 0 Å². The minimum absolute atomic E-state index is 0.721. The van der Waals surface area contributed by atoms with Crippen LogP contribution in [0.2, 0.25) is 5.02 Å². The maximum Gasteiger partial charge on any atom is 0.202 e. The predicted molar refractivity (Wildman–Crippen MR) is 107 cm³/mol. The third-order valence-corrected chi connectivity index (χ3v) is 5.10. The Bertz CT molecular complexity index is 749. The van der Waals surface area contributed by atoms with Gasteiger partial charge in [0.2, 0.25) is 5.13 Å². The summed E-state index contributed by atoms with van der Waals surface area (Å²) in [4.78, 5) is 4.52. The van der Waals surface area contributed by atoms with E-state index >= 15 is 0 Å². The normalized spacial score (nSPS) is 14.2. The van der Waals surface area contributed by atoms with E-state index in [4.69, 9.17) is 11.6 Å². The molecule has 25 heavy (non-hydrogen) atoms. The average molecular weight is 375 g/mol. The van der Waals surface area contributed by atoms with E-state index in [2.05, 4.69) is 39.1 Å². The molecule has 1 aliphatic rings. The molecule has 2 aromatic rings. The molecule has 0 atom stereocenters. The molecule has 0 fully saturated rings. The Morgan fingerprint density at radius 1 is 1.08 bits per heavy atom. The number of aromatic nitrogens is 2. The fourth-order valence-electron chi connectivity index (χ4n) is 2.64. The lowest BCUT2D eigenvalue weighted by atomic mass is 9.97. The van der Waals surface area contributed by atoms with Crippen LogP contribution in [-0.4, -0.2) is 29.0 Å². The highest BCUT2D eigenvalue weighted by Gasteiger charge is 2.06. The summed E-state index contributed by atoms with van der Waals surface area (Å²) in [5.74, 6) is 0.740. The highest BCUT2D eigenvalue weighted by molar-refractivity contribution is 7.09. The number of hydrogen-bond donors (Lipinski definition) is 2. The number of nitrogens with zero attached hydrogens (tertiary/aromatic N) is 2. The van der Waals surface area contributed by atoms with E-state index in [1.165, 1.54) is 29.9 Å². The van der Waals surface area contributed by atoms with Crippen molar-refractivity contribution < 1.29 is 0 Å². The molecule has 1 aliphatic carbocycles. The predicted octanol–water partition coefficient (Wildman–Crippen LogP) is 4.92. The van der Waals surface area contributed by atoms with Gasteiger partial charge in [0.1, 0.15) is 0 Å². The lowest BCUT2D eigenvalue weighted by Crippen LogP contribution is -2.23. The molecular weight excluding hydrogens is 352 g/mol. The van der Waals surface area contributed by atoms with E-state index in [1.54, 1.807) is 5.57 Å². The molecule has 2 N–H and O–H groups in total. The summed E-state index contributed by atoms with van der Waals surface area (Å²) < 4.78 is 4.39. The smallest absolute Gasteiger partial charge is 0.202 e. The van der Waals surface area contributed by atoms with Crippen LogP contribution in [0.4, 0.5) is 5.13 Å². The van der Waals surface area contributed by atoms with Crippen LogP contribution in [0, 0.1) is 0 Å². The van der Waals surface area contributed by atoms with Crippen LogP contribution in [0.25, 0.3) is 11.4 Å². The Kier molecular flexibility index (Phi) is 6.62. The van der Waals surface area contributed by atoms with Crippen molar-refractivity contribution in [3.63, 3.8) is 0 Å². The van der Waals surface area contributed by atoms with Crippen LogP contribution in [0.3, 0.4) is 0 Å². The zero-order chi connectivity index (χ0) is 17.5. The molecule has 0 radical (unpaired) electrons. The molecule has 0 bridgehead atoms. The number of rotatable bonds is 8. The molecule has 0 amide bonds. The molecule has 0 saturated carbocycles. The van der Waals surface area contributed by atoms with Crippen molar-refractivity contribution in [1.82, 2.24) is 14.7 Å². The molecule has 0 saturated heterocycles. The summed E-state index contributed by atoms with van der Waals surface area (Å²) in [6.45, 7) is 4.97. The van der Waals surface area contributed by atoms with E-state index < -0.39 is 0 Å². The molecule has 0 aliphatic heterocycles. The van der Waals surface area contributed by atoms with Crippen molar-refractivity contribution in [2.45, 2.75) is 26.2 Å². The van der Waals surface area contributed by atoms with Gasteiger partial charge in [-0.2, -0.15) is 9.36 Å². The Labute approximate surface area is 158 Å². The lowest BCUT2D eigenvalue weighted by Gasteiger charge is -2.12. The first kappa shape index (κ1) is 18.1. The summed E-state index contributed by atoms with van der Waals surface area (Å²) in [5, 5.41) is 8.37. The summed E-state index contributed by atoms with van der Waals surface area (Å²) in [6, 6.07) is 7.58. The number of halogens is 1. The topological polar surface area (TPSA) is 49.8 Å². The van der Waals surface area contributed by atoms with Gasteiger partial charge in [-0.15, -0.1) is 0 Å². The number of allylic oxidation sites excluding steroid dienone is 3. The Balaban J connectivity index is 1.35. The molecule has 6 heteroatoms. The zero-order valence-corrected chi connectivity index (χ0v) is 16.0. The Morgan fingerprint density at radius 3 is 2.68 bits per heavy atom. The fourth-order valence-corrected chi connectivity index (χ4v) is 3.38. The first-order valence-corrected chi connectivity index (χ1v) is 9.75. The van der Waals surface area contributed by atoms with E-state index in [9.17, 15) is 0 Å². The fraction of sp³-hybridized carbons (Fsp3) is 0.368. The Morgan fingerprint density at radius 2 is 1.92 bits per heavy atom. The largest absolute Gasteiger partial charge is 0.359 e. The first-order chi connectivity index (χ1) is 12.2. The second-order valence-corrected chi connectivity index (χ2v) is 7.38. The zero-order valence-electron chi connectivity index (χ0n) is 14.4. The van der Waals surface area contributed by atoms with Gasteiger partial charge in [0.15, 0.2) is 5.82 Å². The monoisotopic (exact) mass is 374 g/mol. The van der Waals surface area contributed by atoms with E-state index in [0.717, 1.165) is 47.6 Å². The molecule has 132 valence electrons. The first-order valence-electron chi connectivity index (χ1n) is 8.60. The summed E-state index contributed by atoms with van der Waals surface area (Å²) in [7, 11) is 0. The number of benzene rings is 1. The molecule has 0 unspecified atom stereocenters. The number of anilines is 1. The summed E-state index contributed by atoms with van der Waals surface area (Å²) in [5.41, 5.74) is 4.01. The summed E-state index contributed by atoms with van der Waals surface area (Å²) in [6.07, 6.45) is 8.07. The number of hydrogen-bond acceptors (Lipinski definition) is 5. The van der Waals surface area contributed by atoms with Gasteiger partial charge in [-0.05, 0) is 57.0 Å². The van der Waals surface area contributed by atoms with Crippen molar-refractivity contribution in [3.8, 4) is 11.4 Å². The average Bonchev–Trinajstić information content (AvgIpc) is 3.09. The molecular formula is C19H23ClN4S. The quantitative estimate of drug-likeness (QED) is 0.644.